The van der Waals surface area contributed by atoms with E-state index in [0.29, 0.717) is 50.2 Å². The Labute approximate surface area is 212 Å². The molecule has 0 atom stereocenters. The van der Waals surface area contributed by atoms with Crippen LogP contribution in [-0.2, 0) is 19.5 Å². The molecule has 13 heteroatoms. The lowest BCUT2D eigenvalue weighted by molar-refractivity contribution is 0.0393. The third-order valence-corrected chi connectivity index (χ3v) is 7.59. The van der Waals surface area contributed by atoms with Crippen molar-refractivity contribution in [2.24, 2.45) is 0 Å². The molecule has 0 unspecified atom stereocenters. The number of methoxy groups -OCH3 is 1. The van der Waals surface area contributed by atoms with Gasteiger partial charge in [0.2, 0.25) is 5.95 Å². The van der Waals surface area contributed by atoms with E-state index >= 15 is 0 Å². The van der Waals surface area contributed by atoms with Gasteiger partial charge < -0.3 is 14.8 Å². The van der Waals surface area contributed by atoms with E-state index in [0.717, 1.165) is 0 Å². The van der Waals surface area contributed by atoms with Crippen LogP contribution in [0.25, 0.3) is 10.2 Å². The maximum Gasteiger partial charge on any atom is 0.348 e. The number of aromatic nitrogens is 4. The quantitative estimate of drug-likeness (QED) is 0.243. The number of thiophene rings is 1. The van der Waals surface area contributed by atoms with Crippen LogP contribution in [0.5, 0.6) is 0 Å². The summed E-state index contributed by atoms with van der Waals surface area (Å²) in [5, 5.41) is 3.87. The Bertz CT molecular complexity index is 1500. The van der Waals surface area contributed by atoms with E-state index in [1.165, 1.54) is 36.9 Å². The first kappa shape index (κ1) is 25.4. The molecule has 0 amide bonds. The highest BCUT2D eigenvalue weighted by Crippen LogP contribution is 2.35. The van der Waals surface area contributed by atoms with Crippen molar-refractivity contribution in [2.75, 3.05) is 30.4 Å². The molecule has 0 radical (unpaired) electrons. The summed E-state index contributed by atoms with van der Waals surface area (Å²) in [5.41, 5.74) is 2.61. The van der Waals surface area contributed by atoms with Crippen LogP contribution in [0.1, 0.15) is 26.6 Å². The lowest BCUT2D eigenvalue weighted by Gasteiger charge is -2.10. The Morgan fingerprint density at radius 3 is 2.39 bits per heavy atom. The highest BCUT2D eigenvalue weighted by Gasteiger charge is 2.21. The number of aryl methyl sites for hydroxylation is 3. The van der Waals surface area contributed by atoms with E-state index in [-0.39, 0.29) is 17.5 Å². The molecule has 0 aliphatic heterocycles. The number of sulfonamides is 1. The summed E-state index contributed by atoms with van der Waals surface area (Å²) in [4.78, 5) is 30.4. The number of nitrogens with one attached hydrogen (secondary N) is 2. The van der Waals surface area contributed by atoms with Crippen molar-refractivity contribution in [3.63, 3.8) is 0 Å². The lowest BCUT2D eigenvalue weighted by Crippen LogP contribution is -2.15. The number of hydrogen-bond donors (Lipinski definition) is 2. The highest BCUT2D eigenvalue weighted by molar-refractivity contribution is 7.92. The Morgan fingerprint density at radius 2 is 1.72 bits per heavy atom. The maximum absolute atomic E-state index is 12.8. The van der Waals surface area contributed by atoms with Gasteiger partial charge in [-0.25, -0.2) is 37.9 Å². The van der Waals surface area contributed by atoms with Gasteiger partial charge in [0.15, 0.2) is 0 Å². The fraction of sp³-hybridized carbons (Fsp3) is 0.261. The van der Waals surface area contributed by atoms with E-state index in [1.807, 2.05) is 0 Å². The second-order valence-corrected chi connectivity index (χ2v) is 10.5. The van der Waals surface area contributed by atoms with Crippen molar-refractivity contribution in [3.05, 3.63) is 58.5 Å². The summed E-state index contributed by atoms with van der Waals surface area (Å²) in [6.07, 6.45) is 1.40. The number of esters is 1. The van der Waals surface area contributed by atoms with Gasteiger partial charge in [-0.3, -0.25) is 0 Å². The highest BCUT2D eigenvalue weighted by atomic mass is 32.2. The van der Waals surface area contributed by atoms with E-state index in [9.17, 15) is 13.2 Å². The summed E-state index contributed by atoms with van der Waals surface area (Å²) < 4.78 is 38.2. The number of anilines is 3. The molecule has 0 fully saturated rings. The number of nitrogens with zero attached hydrogens (tertiary/aromatic N) is 4. The van der Waals surface area contributed by atoms with Crippen molar-refractivity contribution in [1.82, 2.24) is 19.9 Å². The summed E-state index contributed by atoms with van der Waals surface area (Å²) in [5.74, 6) is 0.0537. The number of benzene rings is 1. The molecule has 36 heavy (non-hydrogen) atoms. The predicted molar refractivity (Wildman–Crippen MR) is 136 cm³/mol. The molecule has 0 spiro atoms. The summed E-state index contributed by atoms with van der Waals surface area (Å²) in [7, 11) is -2.35. The van der Waals surface area contributed by atoms with Crippen LogP contribution in [-0.4, -0.2) is 54.6 Å². The fourth-order valence-corrected chi connectivity index (χ4v) is 5.44. The monoisotopic (exact) mass is 528 g/mol. The number of fused-ring (bicyclic) bond motifs is 1. The molecule has 3 heterocycles. The molecule has 4 rings (SSSR count). The molecular formula is C23H24N6O5S2. The van der Waals surface area contributed by atoms with Gasteiger partial charge in [0.1, 0.15) is 28.5 Å². The molecule has 0 bridgehead atoms. The van der Waals surface area contributed by atoms with E-state index in [4.69, 9.17) is 9.47 Å². The Morgan fingerprint density at radius 1 is 1.03 bits per heavy atom. The topological polar surface area (TPSA) is 145 Å². The van der Waals surface area contributed by atoms with Crippen LogP contribution in [0.15, 0.2) is 41.6 Å². The molecule has 0 aliphatic rings. The summed E-state index contributed by atoms with van der Waals surface area (Å²) in [6, 6.07) is 7.92. The average molecular weight is 529 g/mol. The first-order valence-electron chi connectivity index (χ1n) is 10.8. The minimum atomic E-state index is -3.88. The van der Waals surface area contributed by atoms with Crippen LogP contribution in [0, 0.1) is 20.8 Å². The fourth-order valence-electron chi connectivity index (χ4n) is 3.45. The number of carbonyl (C=O) groups excluding carboxylic acids is 1. The standard InChI is InChI=1S/C23H24N6O5S2/c1-13-11-14(2)27-23(26-13)29-36(31,32)17-7-5-16(6-8-17)28-20-18-15(3)19(22(30)34-10-9-33-4)35-21(18)25-12-24-20/h5-8,11-12H,9-10H2,1-4H3,(H,24,25,28)(H,26,27,29). The van der Waals surface area contributed by atoms with Crippen LogP contribution in [0.3, 0.4) is 0 Å². The molecule has 3 aromatic heterocycles. The van der Waals surface area contributed by atoms with Gasteiger partial charge in [0.05, 0.1) is 16.9 Å². The van der Waals surface area contributed by atoms with Gasteiger partial charge in [0.25, 0.3) is 10.0 Å². The van der Waals surface area contributed by atoms with Crippen molar-refractivity contribution in [3.8, 4) is 0 Å². The third kappa shape index (κ3) is 5.58. The van der Waals surface area contributed by atoms with Crippen molar-refractivity contribution < 1.29 is 22.7 Å². The average Bonchev–Trinajstić information content (AvgIpc) is 3.16. The maximum atomic E-state index is 12.8. The molecule has 4 aromatic rings. The van der Waals surface area contributed by atoms with Crippen LogP contribution < -0.4 is 10.0 Å². The summed E-state index contributed by atoms with van der Waals surface area (Å²) in [6.45, 7) is 5.79. The Balaban J connectivity index is 1.55. The molecule has 0 saturated heterocycles. The second kappa shape index (κ2) is 10.5. The van der Waals surface area contributed by atoms with E-state index in [1.54, 1.807) is 39.0 Å². The van der Waals surface area contributed by atoms with Gasteiger partial charge in [-0.2, -0.15) is 0 Å². The zero-order valence-corrected chi connectivity index (χ0v) is 21.7. The van der Waals surface area contributed by atoms with Crippen LogP contribution in [0.4, 0.5) is 17.5 Å². The lowest BCUT2D eigenvalue weighted by atomic mass is 10.2. The van der Waals surface area contributed by atoms with Gasteiger partial charge >= 0.3 is 5.97 Å². The van der Waals surface area contributed by atoms with Crippen molar-refractivity contribution >= 4 is 55.0 Å². The first-order valence-corrected chi connectivity index (χ1v) is 13.1. The Kier molecular flexibility index (Phi) is 7.43. The van der Waals surface area contributed by atoms with E-state index < -0.39 is 16.0 Å². The predicted octanol–water partition coefficient (Wildman–Crippen LogP) is 3.75. The smallest absolute Gasteiger partial charge is 0.348 e. The molecule has 0 saturated carbocycles. The second-order valence-electron chi connectivity index (χ2n) is 7.82. The number of rotatable bonds is 9. The van der Waals surface area contributed by atoms with Gasteiger partial charge in [0, 0.05) is 24.2 Å². The zero-order valence-electron chi connectivity index (χ0n) is 20.0. The molecule has 0 aliphatic carbocycles. The largest absolute Gasteiger partial charge is 0.459 e. The van der Waals surface area contributed by atoms with Gasteiger partial charge in [-0.05, 0) is 56.7 Å². The van der Waals surface area contributed by atoms with Crippen molar-refractivity contribution in [2.45, 2.75) is 25.7 Å². The van der Waals surface area contributed by atoms with Gasteiger partial charge in [-0.15, -0.1) is 11.3 Å². The summed E-state index contributed by atoms with van der Waals surface area (Å²) >= 11 is 1.22. The molecule has 188 valence electrons. The first-order chi connectivity index (χ1) is 17.2. The van der Waals surface area contributed by atoms with Crippen LogP contribution in [0.2, 0.25) is 0 Å². The minimum absolute atomic E-state index is 0.0163. The molecule has 11 nitrogen and oxygen atoms in total. The Hall–Kier alpha value is -3.68. The zero-order chi connectivity index (χ0) is 25.9. The molecule has 2 N–H and O–H groups in total. The molecular weight excluding hydrogens is 504 g/mol. The molecule has 1 aromatic carbocycles. The number of hydrogen-bond acceptors (Lipinski definition) is 11. The van der Waals surface area contributed by atoms with E-state index in [2.05, 4.69) is 30.0 Å². The van der Waals surface area contributed by atoms with Crippen LogP contribution >= 0.6 is 11.3 Å². The van der Waals surface area contributed by atoms with Gasteiger partial charge in [-0.1, -0.05) is 0 Å². The third-order valence-electron chi connectivity index (χ3n) is 5.07. The SMILES string of the molecule is COCCOC(=O)c1sc2ncnc(Nc3ccc(S(=O)(=O)Nc4nc(C)cc(C)n4)cc3)c2c1C. The van der Waals surface area contributed by atoms with Crippen molar-refractivity contribution in [1.29, 1.82) is 0 Å². The number of ether oxygens (including phenoxy) is 2. The normalized spacial score (nSPS) is 11.4. The minimum Gasteiger partial charge on any atom is -0.459 e. The number of carbonyl (C=O) groups is 1.